The van der Waals surface area contributed by atoms with Gasteiger partial charge in [-0.05, 0) is 37.8 Å². The predicted octanol–water partition coefficient (Wildman–Crippen LogP) is 2.39. The number of benzene rings is 1. The Kier molecular flexibility index (Phi) is 6.25. The van der Waals surface area contributed by atoms with Gasteiger partial charge < -0.3 is 15.0 Å². The fourth-order valence-corrected chi connectivity index (χ4v) is 3.16. The van der Waals surface area contributed by atoms with Gasteiger partial charge in [0.2, 0.25) is 0 Å². The maximum atomic E-state index is 5.26. The average molecular weight is 303 g/mol. The summed E-state index contributed by atoms with van der Waals surface area (Å²) in [4.78, 5) is 6.76. The largest absolute Gasteiger partial charge is 0.384 e. The summed E-state index contributed by atoms with van der Waals surface area (Å²) in [5, 5.41) is 3.50. The molecule has 1 unspecified atom stereocenters. The normalized spacial score (nSPS) is 18.8. The molecule has 1 atom stereocenters. The summed E-state index contributed by atoms with van der Waals surface area (Å²) in [6.45, 7) is 8.19. The first-order valence-electron chi connectivity index (χ1n) is 8.14. The van der Waals surface area contributed by atoms with Crippen LogP contribution in [-0.2, 0) is 11.2 Å². The Morgan fingerprint density at radius 1 is 1.41 bits per heavy atom. The molecule has 4 heteroatoms. The molecule has 1 N–H and O–H groups in total. The Morgan fingerprint density at radius 2 is 2.23 bits per heavy atom. The lowest BCUT2D eigenvalue weighted by Crippen LogP contribution is -2.41. The van der Waals surface area contributed by atoms with Crippen LogP contribution in [0, 0.1) is 19.8 Å². The fourth-order valence-electron chi connectivity index (χ4n) is 3.16. The maximum Gasteiger partial charge on any atom is 0.193 e. The topological polar surface area (TPSA) is 36.9 Å². The number of aryl methyl sites for hydroxylation is 2. The molecule has 0 radical (unpaired) electrons. The third kappa shape index (κ3) is 4.47. The zero-order valence-electron chi connectivity index (χ0n) is 14.4. The van der Waals surface area contributed by atoms with Crippen molar-refractivity contribution in [3.63, 3.8) is 0 Å². The highest BCUT2D eigenvalue weighted by Gasteiger charge is 2.24. The van der Waals surface area contributed by atoms with Crippen molar-refractivity contribution in [1.29, 1.82) is 0 Å². The number of aliphatic imine (C=N–C) groups is 1. The van der Waals surface area contributed by atoms with Gasteiger partial charge in [-0.25, -0.2) is 0 Å². The number of guanidine groups is 1. The van der Waals surface area contributed by atoms with Gasteiger partial charge in [-0.2, -0.15) is 0 Å². The Labute approximate surface area is 134 Å². The van der Waals surface area contributed by atoms with Crippen molar-refractivity contribution in [2.75, 3.05) is 40.4 Å². The molecule has 1 aromatic rings. The van der Waals surface area contributed by atoms with Crippen molar-refractivity contribution in [2.45, 2.75) is 26.7 Å². The van der Waals surface area contributed by atoms with Crippen LogP contribution in [0.4, 0.5) is 0 Å². The molecule has 0 bridgehead atoms. The van der Waals surface area contributed by atoms with E-state index in [1.54, 1.807) is 7.11 Å². The fraction of sp³-hybridized carbons (Fsp3) is 0.611. The summed E-state index contributed by atoms with van der Waals surface area (Å²) in [6.07, 6.45) is 2.21. The minimum atomic E-state index is 0.628. The molecule has 4 nitrogen and oxygen atoms in total. The lowest BCUT2D eigenvalue weighted by molar-refractivity contribution is 0.157. The van der Waals surface area contributed by atoms with E-state index in [4.69, 9.17) is 4.74 Å². The highest BCUT2D eigenvalue weighted by Crippen LogP contribution is 2.16. The Bertz CT molecular complexity index is 513. The van der Waals surface area contributed by atoms with Crippen LogP contribution in [0.15, 0.2) is 23.2 Å². The van der Waals surface area contributed by atoms with Gasteiger partial charge in [0.15, 0.2) is 5.96 Å². The molecular weight excluding hydrogens is 274 g/mol. The van der Waals surface area contributed by atoms with Gasteiger partial charge in [0, 0.05) is 39.7 Å². The van der Waals surface area contributed by atoms with Crippen LogP contribution in [0.1, 0.15) is 23.1 Å². The van der Waals surface area contributed by atoms with Gasteiger partial charge in [0.1, 0.15) is 0 Å². The molecule has 0 spiro atoms. The summed E-state index contributed by atoms with van der Waals surface area (Å²) >= 11 is 0. The molecular formula is C18H29N3O. The molecule has 1 fully saturated rings. The number of hydrogen-bond donors (Lipinski definition) is 1. The molecule has 0 aliphatic carbocycles. The van der Waals surface area contributed by atoms with Crippen molar-refractivity contribution in [1.82, 2.24) is 10.2 Å². The summed E-state index contributed by atoms with van der Waals surface area (Å²) in [5.74, 6) is 1.64. The number of rotatable bonds is 5. The summed E-state index contributed by atoms with van der Waals surface area (Å²) in [5.41, 5.74) is 4.11. The quantitative estimate of drug-likeness (QED) is 0.670. The van der Waals surface area contributed by atoms with Crippen LogP contribution >= 0.6 is 0 Å². The molecule has 1 aliphatic heterocycles. The first kappa shape index (κ1) is 16.8. The molecule has 0 aromatic heterocycles. The van der Waals surface area contributed by atoms with Crippen molar-refractivity contribution in [3.8, 4) is 0 Å². The van der Waals surface area contributed by atoms with Gasteiger partial charge in [0.25, 0.3) is 0 Å². The van der Waals surface area contributed by atoms with Crippen LogP contribution in [0.25, 0.3) is 0 Å². The summed E-state index contributed by atoms with van der Waals surface area (Å²) in [7, 11) is 3.64. The van der Waals surface area contributed by atoms with Gasteiger partial charge in [-0.15, -0.1) is 0 Å². The molecule has 1 aromatic carbocycles. The molecule has 1 saturated heterocycles. The van der Waals surface area contributed by atoms with E-state index in [1.165, 1.54) is 23.1 Å². The van der Waals surface area contributed by atoms with E-state index >= 15 is 0 Å². The van der Waals surface area contributed by atoms with E-state index in [-0.39, 0.29) is 0 Å². The van der Waals surface area contributed by atoms with Crippen molar-refractivity contribution in [3.05, 3.63) is 34.9 Å². The van der Waals surface area contributed by atoms with E-state index in [1.807, 2.05) is 7.05 Å². The predicted molar refractivity (Wildman–Crippen MR) is 92.5 cm³/mol. The molecule has 0 amide bonds. The van der Waals surface area contributed by atoms with E-state index < -0.39 is 0 Å². The average Bonchev–Trinajstić information content (AvgIpc) is 2.94. The Balaban J connectivity index is 1.82. The number of nitrogens with zero attached hydrogens (tertiary/aromatic N) is 2. The number of nitrogens with one attached hydrogen (secondary N) is 1. The third-order valence-electron chi connectivity index (χ3n) is 4.38. The molecule has 1 aliphatic rings. The van der Waals surface area contributed by atoms with E-state index in [0.29, 0.717) is 5.92 Å². The number of hydrogen-bond acceptors (Lipinski definition) is 2. The Hall–Kier alpha value is -1.55. The van der Waals surface area contributed by atoms with Crippen LogP contribution < -0.4 is 5.32 Å². The van der Waals surface area contributed by atoms with Crippen LogP contribution in [0.2, 0.25) is 0 Å². The second-order valence-electron chi connectivity index (χ2n) is 6.21. The highest BCUT2D eigenvalue weighted by atomic mass is 16.5. The monoisotopic (exact) mass is 303 g/mol. The van der Waals surface area contributed by atoms with Crippen molar-refractivity contribution < 1.29 is 4.74 Å². The summed E-state index contributed by atoms with van der Waals surface area (Å²) in [6, 6.07) is 6.67. The van der Waals surface area contributed by atoms with Crippen molar-refractivity contribution in [2.24, 2.45) is 10.9 Å². The van der Waals surface area contributed by atoms with E-state index in [2.05, 4.69) is 47.3 Å². The molecule has 22 heavy (non-hydrogen) atoms. The lowest BCUT2D eigenvalue weighted by atomic mass is 10.0. The van der Waals surface area contributed by atoms with Gasteiger partial charge in [-0.1, -0.05) is 23.8 Å². The van der Waals surface area contributed by atoms with Crippen LogP contribution in [0.3, 0.4) is 0 Å². The standard InChI is InChI=1S/C18H29N3O/c1-14-5-6-17(15(2)11-14)7-9-20-18(19-3)21-10-8-16(12-21)13-22-4/h5-6,11,16H,7-10,12-13H2,1-4H3,(H,19,20). The number of ether oxygens (including phenoxy) is 1. The molecule has 122 valence electrons. The highest BCUT2D eigenvalue weighted by molar-refractivity contribution is 5.80. The Morgan fingerprint density at radius 3 is 2.91 bits per heavy atom. The second-order valence-corrected chi connectivity index (χ2v) is 6.21. The minimum Gasteiger partial charge on any atom is -0.384 e. The maximum absolute atomic E-state index is 5.26. The van der Waals surface area contributed by atoms with Crippen molar-refractivity contribution >= 4 is 5.96 Å². The lowest BCUT2D eigenvalue weighted by Gasteiger charge is -2.22. The molecule has 0 saturated carbocycles. The zero-order chi connectivity index (χ0) is 15.9. The van der Waals surface area contributed by atoms with Gasteiger partial charge in [0.05, 0.1) is 6.61 Å². The smallest absolute Gasteiger partial charge is 0.193 e. The number of methoxy groups -OCH3 is 1. The van der Waals surface area contributed by atoms with Gasteiger partial charge in [-0.3, -0.25) is 4.99 Å². The summed E-state index contributed by atoms with van der Waals surface area (Å²) < 4.78 is 5.26. The first-order valence-corrected chi connectivity index (χ1v) is 8.14. The molecule has 2 rings (SSSR count). The van der Waals surface area contributed by atoms with E-state index in [0.717, 1.165) is 38.6 Å². The first-order chi connectivity index (χ1) is 10.6. The SMILES string of the molecule is CN=C(NCCc1ccc(C)cc1C)N1CCC(COC)C1. The van der Waals surface area contributed by atoms with Gasteiger partial charge >= 0.3 is 0 Å². The minimum absolute atomic E-state index is 0.628. The second kappa shape index (κ2) is 8.18. The zero-order valence-corrected chi connectivity index (χ0v) is 14.4. The van der Waals surface area contributed by atoms with Crippen LogP contribution in [0.5, 0.6) is 0 Å². The molecule has 1 heterocycles. The van der Waals surface area contributed by atoms with Crippen LogP contribution in [-0.4, -0.2) is 51.3 Å². The third-order valence-corrected chi connectivity index (χ3v) is 4.38. The number of likely N-dealkylation sites (tertiary alicyclic amines) is 1. The van der Waals surface area contributed by atoms with E-state index in [9.17, 15) is 0 Å².